The van der Waals surface area contributed by atoms with Crippen LogP contribution in [0.2, 0.25) is 0 Å². The quantitative estimate of drug-likeness (QED) is 0.735. The van der Waals surface area contributed by atoms with Gasteiger partial charge in [-0.25, -0.2) is 0 Å². The Kier molecular flexibility index (Phi) is 2.60. The Morgan fingerprint density at radius 3 is 2.93 bits per heavy atom. The Labute approximate surface area is 89.3 Å². The van der Waals surface area contributed by atoms with Gasteiger partial charge in [-0.3, -0.25) is 0 Å². The second-order valence-corrected chi connectivity index (χ2v) is 3.97. The maximum absolute atomic E-state index is 10.00. The molecule has 0 bridgehead atoms. The average molecular weight is 201 g/mol. The van der Waals surface area contributed by atoms with Gasteiger partial charge in [0.15, 0.2) is 0 Å². The molecule has 15 heavy (non-hydrogen) atoms. The lowest BCUT2D eigenvalue weighted by Crippen LogP contribution is -1.96. The summed E-state index contributed by atoms with van der Waals surface area (Å²) in [7, 11) is 0. The molecule has 0 aliphatic heterocycles. The first-order valence-corrected chi connectivity index (χ1v) is 5.07. The van der Waals surface area contributed by atoms with E-state index < -0.39 is 6.10 Å². The van der Waals surface area contributed by atoms with Crippen molar-refractivity contribution in [2.24, 2.45) is 0 Å². The molecule has 0 radical (unpaired) electrons. The third-order valence-electron chi connectivity index (χ3n) is 2.52. The van der Waals surface area contributed by atoms with Gasteiger partial charge in [0.1, 0.15) is 0 Å². The summed E-state index contributed by atoms with van der Waals surface area (Å²) in [5.74, 6) is 0. The van der Waals surface area contributed by atoms with E-state index in [1.54, 1.807) is 0 Å². The molecule has 0 fully saturated rings. The van der Waals surface area contributed by atoms with Crippen LogP contribution >= 0.6 is 0 Å². The molecule has 1 heterocycles. The number of rotatable bonds is 3. The first-order valence-electron chi connectivity index (χ1n) is 5.07. The van der Waals surface area contributed by atoms with Gasteiger partial charge in [0.05, 0.1) is 6.10 Å². The highest BCUT2D eigenvalue weighted by atomic mass is 16.3. The van der Waals surface area contributed by atoms with Crippen molar-refractivity contribution in [3.8, 4) is 0 Å². The molecule has 0 aliphatic carbocycles. The van der Waals surface area contributed by atoms with E-state index in [9.17, 15) is 5.11 Å². The standard InChI is InChI=1S/C13H15NO/c1-9(2)7-13(15)11-8-14-12-6-4-3-5-10(11)12/h3-6,8,13-15H,1,7H2,2H3. The smallest absolute Gasteiger partial charge is 0.0847 e. The Morgan fingerprint density at radius 1 is 1.47 bits per heavy atom. The molecule has 0 amide bonds. The summed E-state index contributed by atoms with van der Waals surface area (Å²) in [4.78, 5) is 3.15. The predicted molar refractivity (Wildman–Crippen MR) is 62.7 cm³/mol. The van der Waals surface area contributed by atoms with Gasteiger partial charge in [-0.15, -0.1) is 6.58 Å². The van der Waals surface area contributed by atoms with E-state index in [1.807, 2.05) is 37.4 Å². The molecule has 2 rings (SSSR count). The molecular weight excluding hydrogens is 186 g/mol. The highest BCUT2D eigenvalue weighted by molar-refractivity contribution is 5.83. The van der Waals surface area contributed by atoms with Gasteiger partial charge >= 0.3 is 0 Å². The number of aromatic amines is 1. The molecular formula is C13H15NO. The summed E-state index contributed by atoms with van der Waals surface area (Å²) >= 11 is 0. The molecule has 0 aliphatic rings. The zero-order valence-electron chi connectivity index (χ0n) is 8.83. The van der Waals surface area contributed by atoms with Gasteiger partial charge in [0, 0.05) is 22.7 Å². The Morgan fingerprint density at radius 2 is 2.20 bits per heavy atom. The number of hydrogen-bond acceptors (Lipinski definition) is 1. The van der Waals surface area contributed by atoms with Crippen molar-refractivity contribution in [1.82, 2.24) is 4.98 Å². The Balaban J connectivity index is 2.39. The molecule has 2 nitrogen and oxygen atoms in total. The molecule has 78 valence electrons. The van der Waals surface area contributed by atoms with Crippen molar-refractivity contribution in [2.75, 3.05) is 0 Å². The molecule has 1 atom stereocenters. The summed E-state index contributed by atoms with van der Waals surface area (Å²) < 4.78 is 0. The maximum atomic E-state index is 10.00. The summed E-state index contributed by atoms with van der Waals surface area (Å²) in [5, 5.41) is 11.1. The van der Waals surface area contributed by atoms with Crippen LogP contribution in [0.15, 0.2) is 42.6 Å². The first kappa shape index (κ1) is 9.99. The van der Waals surface area contributed by atoms with E-state index >= 15 is 0 Å². The summed E-state index contributed by atoms with van der Waals surface area (Å²) in [6.45, 7) is 5.74. The van der Waals surface area contributed by atoms with Crippen molar-refractivity contribution < 1.29 is 5.11 Å². The minimum Gasteiger partial charge on any atom is -0.388 e. The first-order chi connectivity index (χ1) is 7.18. The van der Waals surface area contributed by atoms with Crippen molar-refractivity contribution >= 4 is 10.9 Å². The van der Waals surface area contributed by atoms with E-state index in [-0.39, 0.29) is 0 Å². The number of aliphatic hydroxyl groups is 1. The second-order valence-electron chi connectivity index (χ2n) is 3.97. The highest BCUT2D eigenvalue weighted by Crippen LogP contribution is 2.27. The normalized spacial score (nSPS) is 12.9. The number of fused-ring (bicyclic) bond motifs is 1. The van der Waals surface area contributed by atoms with Crippen LogP contribution in [0.4, 0.5) is 0 Å². The molecule has 2 N–H and O–H groups in total. The van der Waals surface area contributed by atoms with E-state index in [2.05, 4.69) is 11.6 Å². The van der Waals surface area contributed by atoms with E-state index in [0.29, 0.717) is 6.42 Å². The lowest BCUT2D eigenvalue weighted by Gasteiger charge is -2.08. The fourth-order valence-electron chi connectivity index (χ4n) is 1.81. The molecule has 1 unspecified atom stereocenters. The predicted octanol–water partition coefficient (Wildman–Crippen LogP) is 3.17. The van der Waals surface area contributed by atoms with Gasteiger partial charge in [0.25, 0.3) is 0 Å². The van der Waals surface area contributed by atoms with Gasteiger partial charge in [-0.2, -0.15) is 0 Å². The lowest BCUT2D eigenvalue weighted by molar-refractivity contribution is 0.180. The monoisotopic (exact) mass is 201 g/mol. The lowest BCUT2D eigenvalue weighted by atomic mass is 10.0. The van der Waals surface area contributed by atoms with E-state index in [1.165, 1.54) is 0 Å². The molecule has 1 aromatic carbocycles. The zero-order valence-corrected chi connectivity index (χ0v) is 8.83. The fraction of sp³-hybridized carbons (Fsp3) is 0.231. The van der Waals surface area contributed by atoms with Crippen LogP contribution in [0, 0.1) is 0 Å². The van der Waals surface area contributed by atoms with E-state index in [0.717, 1.165) is 22.0 Å². The van der Waals surface area contributed by atoms with Gasteiger partial charge in [-0.05, 0) is 19.4 Å². The van der Waals surface area contributed by atoms with Crippen LogP contribution in [-0.2, 0) is 0 Å². The fourth-order valence-corrected chi connectivity index (χ4v) is 1.81. The van der Waals surface area contributed by atoms with Crippen molar-refractivity contribution in [3.05, 3.63) is 48.2 Å². The molecule has 1 aromatic heterocycles. The Bertz CT molecular complexity index is 484. The molecule has 0 saturated heterocycles. The number of benzene rings is 1. The number of hydrogen-bond donors (Lipinski definition) is 2. The largest absolute Gasteiger partial charge is 0.388 e. The average Bonchev–Trinajstić information content (AvgIpc) is 2.59. The van der Waals surface area contributed by atoms with Crippen LogP contribution in [0.1, 0.15) is 25.0 Å². The van der Waals surface area contributed by atoms with Crippen molar-refractivity contribution in [1.29, 1.82) is 0 Å². The number of nitrogens with one attached hydrogen (secondary N) is 1. The van der Waals surface area contributed by atoms with Gasteiger partial charge in [-0.1, -0.05) is 23.8 Å². The summed E-state index contributed by atoms with van der Waals surface area (Å²) in [6.07, 6.45) is 2.03. The topological polar surface area (TPSA) is 36.0 Å². The Hall–Kier alpha value is -1.54. The summed E-state index contributed by atoms with van der Waals surface area (Å²) in [5.41, 5.74) is 3.01. The summed E-state index contributed by atoms with van der Waals surface area (Å²) in [6, 6.07) is 7.98. The zero-order chi connectivity index (χ0) is 10.8. The number of para-hydroxylation sites is 1. The van der Waals surface area contributed by atoms with Crippen LogP contribution < -0.4 is 0 Å². The van der Waals surface area contributed by atoms with E-state index in [4.69, 9.17) is 0 Å². The van der Waals surface area contributed by atoms with Gasteiger partial charge in [0.2, 0.25) is 0 Å². The number of aromatic nitrogens is 1. The molecule has 0 saturated carbocycles. The SMILES string of the molecule is C=C(C)CC(O)c1c[nH]c2ccccc12. The highest BCUT2D eigenvalue weighted by Gasteiger charge is 2.12. The third kappa shape index (κ3) is 1.95. The number of aliphatic hydroxyl groups excluding tert-OH is 1. The van der Waals surface area contributed by atoms with Crippen LogP contribution in [0.3, 0.4) is 0 Å². The van der Waals surface area contributed by atoms with Crippen molar-refractivity contribution in [2.45, 2.75) is 19.4 Å². The van der Waals surface area contributed by atoms with Crippen LogP contribution in [0.25, 0.3) is 10.9 Å². The third-order valence-corrected chi connectivity index (χ3v) is 2.52. The van der Waals surface area contributed by atoms with Crippen LogP contribution in [0.5, 0.6) is 0 Å². The molecule has 2 heteroatoms. The minimum absolute atomic E-state index is 0.460. The minimum atomic E-state index is -0.460. The molecule has 2 aromatic rings. The van der Waals surface area contributed by atoms with Crippen LogP contribution in [-0.4, -0.2) is 10.1 Å². The van der Waals surface area contributed by atoms with Crippen molar-refractivity contribution in [3.63, 3.8) is 0 Å². The second kappa shape index (κ2) is 3.91. The van der Waals surface area contributed by atoms with Gasteiger partial charge < -0.3 is 10.1 Å². The maximum Gasteiger partial charge on any atom is 0.0847 e. The number of H-pyrrole nitrogens is 1. The molecule has 0 spiro atoms.